The molecule has 0 fully saturated rings. The Morgan fingerprint density at radius 2 is 1.44 bits per heavy atom. The summed E-state index contributed by atoms with van der Waals surface area (Å²) in [6.45, 7) is 1.95. The SMILES string of the molecule is CCNC(=O)[C@H](Cc1ccccc1)N(Cc1ccccc1)C(=O)CN(c1ccc(Br)cc1)S(C)(=O)=O. The zero-order valence-electron chi connectivity index (χ0n) is 20.3. The number of nitrogens with zero attached hydrogens (tertiary/aromatic N) is 2. The van der Waals surface area contributed by atoms with Gasteiger partial charge in [-0.2, -0.15) is 0 Å². The van der Waals surface area contributed by atoms with E-state index in [0.717, 1.165) is 26.2 Å². The van der Waals surface area contributed by atoms with Gasteiger partial charge in [0.25, 0.3) is 0 Å². The summed E-state index contributed by atoms with van der Waals surface area (Å²) < 4.78 is 27.2. The Labute approximate surface area is 221 Å². The van der Waals surface area contributed by atoms with Crippen molar-refractivity contribution < 1.29 is 18.0 Å². The third-order valence-corrected chi connectivity index (χ3v) is 7.28. The second kappa shape index (κ2) is 12.7. The normalized spacial score (nSPS) is 12.0. The predicted octanol–water partition coefficient (Wildman–Crippen LogP) is 3.99. The summed E-state index contributed by atoms with van der Waals surface area (Å²) in [7, 11) is -3.78. The highest BCUT2D eigenvalue weighted by Crippen LogP contribution is 2.22. The third-order valence-electron chi connectivity index (χ3n) is 5.61. The van der Waals surface area contributed by atoms with Crippen molar-refractivity contribution in [1.29, 1.82) is 0 Å². The van der Waals surface area contributed by atoms with Crippen LogP contribution >= 0.6 is 15.9 Å². The maximum absolute atomic E-state index is 13.8. The molecule has 3 rings (SSSR count). The number of sulfonamides is 1. The Morgan fingerprint density at radius 3 is 1.97 bits per heavy atom. The molecular weight excluding hydrogens is 542 g/mol. The summed E-state index contributed by atoms with van der Waals surface area (Å²) >= 11 is 3.35. The molecule has 0 aliphatic heterocycles. The van der Waals surface area contributed by atoms with Crippen LogP contribution in [0, 0.1) is 0 Å². The maximum Gasteiger partial charge on any atom is 0.244 e. The summed E-state index contributed by atoms with van der Waals surface area (Å²) in [5.74, 6) is -0.764. The topological polar surface area (TPSA) is 86.8 Å². The van der Waals surface area contributed by atoms with Crippen molar-refractivity contribution >= 4 is 43.5 Å². The number of rotatable bonds is 11. The van der Waals surface area contributed by atoms with Gasteiger partial charge < -0.3 is 10.2 Å². The number of anilines is 1. The number of likely N-dealkylation sites (N-methyl/N-ethyl adjacent to an activating group) is 1. The van der Waals surface area contributed by atoms with Gasteiger partial charge in [0, 0.05) is 24.0 Å². The number of carbonyl (C=O) groups excluding carboxylic acids is 2. The first-order chi connectivity index (χ1) is 17.2. The molecule has 36 heavy (non-hydrogen) atoms. The van der Waals surface area contributed by atoms with Crippen LogP contribution in [-0.2, 0) is 32.6 Å². The van der Waals surface area contributed by atoms with Gasteiger partial charge in [-0.1, -0.05) is 76.6 Å². The molecule has 0 spiro atoms. The first-order valence-electron chi connectivity index (χ1n) is 11.6. The lowest BCUT2D eigenvalue weighted by Gasteiger charge is -2.33. The van der Waals surface area contributed by atoms with Crippen molar-refractivity contribution in [3.8, 4) is 0 Å². The molecule has 0 aliphatic carbocycles. The molecule has 0 aliphatic rings. The molecule has 0 radical (unpaired) electrons. The van der Waals surface area contributed by atoms with E-state index in [9.17, 15) is 18.0 Å². The van der Waals surface area contributed by atoms with Gasteiger partial charge in [-0.25, -0.2) is 8.42 Å². The van der Waals surface area contributed by atoms with Crippen molar-refractivity contribution in [1.82, 2.24) is 10.2 Å². The lowest BCUT2D eigenvalue weighted by molar-refractivity contribution is -0.140. The van der Waals surface area contributed by atoms with E-state index in [2.05, 4.69) is 21.2 Å². The van der Waals surface area contributed by atoms with Crippen LogP contribution < -0.4 is 9.62 Å². The molecule has 3 aromatic carbocycles. The van der Waals surface area contributed by atoms with E-state index in [-0.39, 0.29) is 12.5 Å². The zero-order chi connectivity index (χ0) is 26.1. The Balaban J connectivity index is 2.00. The molecule has 0 saturated heterocycles. The van der Waals surface area contributed by atoms with Crippen LogP contribution in [0.1, 0.15) is 18.1 Å². The molecule has 0 unspecified atom stereocenters. The summed E-state index contributed by atoms with van der Waals surface area (Å²) in [5, 5.41) is 2.84. The number of halogens is 1. The lowest BCUT2D eigenvalue weighted by Crippen LogP contribution is -2.53. The van der Waals surface area contributed by atoms with E-state index in [1.54, 1.807) is 24.3 Å². The van der Waals surface area contributed by atoms with E-state index < -0.39 is 28.5 Å². The molecule has 190 valence electrons. The van der Waals surface area contributed by atoms with E-state index >= 15 is 0 Å². The standard InChI is InChI=1S/C27H30BrN3O4S/c1-3-29-27(33)25(18-21-10-6-4-7-11-21)30(19-22-12-8-5-9-13-22)26(32)20-31(36(2,34)35)24-16-14-23(28)15-17-24/h4-17,25H,3,18-20H2,1-2H3,(H,29,33)/t25-/m0/s1. The average molecular weight is 573 g/mol. The molecule has 1 atom stereocenters. The van der Waals surface area contributed by atoms with Gasteiger partial charge in [-0.15, -0.1) is 0 Å². The fraction of sp³-hybridized carbons (Fsp3) is 0.259. The van der Waals surface area contributed by atoms with Crippen LogP contribution in [0.25, 0.3) is 0 Å². The molecule has 1 N–H and O–H groups in total. The van der Waals surface area contributed by atoms with Crippen LogP contribution in [-0.4, -0.2) is 50.5 Å². The van der Waals surface area contributed by atoms with Crippen LogP contribution in [0.5, 0.6) is 0 Å². The molecule has 3 aromatic rings. The van der Waals surface area contributed by atoms with Crippen molar-refractivity contribution in [2.45, 2.75) is 25.9 Å². The quantitative estimate of drug-likeness (QED) is 0.377. The number of amides is 2. The highest BCUT2D eigenvalue weighted by atomic mass is 79.9. The van der Waals surface area contributed by atoms with Gasteiger partial charge in [-0.05, 0) is 42.3 Å². The third kappa shape index (κ3) is 7.66. The second-order valence-corrected chi connectivity index (χ2v) is 11.2. The fourth-order valence-corrected chi connectivity index (χ4v) is 4.96. The minimum absolute atomic E-state index is 0.159. The summed E-state index contributed by atoms with van der Waals surface area (Å²) in [5.41, 5.74) is 2.10. The van der Waals surface area contributed by atoms with Gasteiger partial charge in [0.05, 0.1) is 11.9 Å². The number of carbonyl (C=O) groups is 2. The van der Waals surface area contributed by atoms with E-state index in [1.807, 2.05) is 67.6 Å². The molecule has 9 heteroatoms. The van der Waals surface area contributed by atoms with Crippen molar-refractivity contribution in [2.24, 2.45) is 0 Å². The Hall–Kier alpha value is -3.17. The maximum atomic E-state index is 13.8. The van der Waals surface area contributed by atoms with Crippen molar-refractivity contribution in [2.75, 3.05) is 23.7 Å². The number of hydrogen-bond donors (Lipinski definition) is 1. The largest absolute Gasteiger partial charge is 0.355 e. The van der Waals surface area contributed by atoms with Crippen LogP contribution in [0.15, 0.2) is 89.4 Å². The number of benzene rings is 3. The molecule has 0 aromatic heterocycles. The average Bonchev–Trinajstić information content (AvgIpc) is 2.86. The highest BCUT2D eigenvalue weighted by Gasteiger charge is 2.32. The van der Waals surface area contributed by atoms with Gasteiger partial charge in [0.2, 0.25) is 21.8 Å². The lowest BCUT2D eigenvalue weighted by atomic mass is 10.0. The highest BCUT2D eigenvalue weighted by molar-refractivity contribution is 9.10. The van der Waals surface area contributed by atoms with E-state index in [1.165, 1.54) is 4.90 Å². The Morgan fingerprint density at radius 1 is 0.889 bits per heavy atom. The zero-order valence-corrected chi connectivity index (χ0v) is 22.7. The number of nitrogens with one attached hydrogen (secondary N) is 1. The monoisotopic (exact) mass is 571 g/mol. The first-order valence-corrected chi connectivity index (χ1v) is 14.2. The van der Waals surface area contributed by atoms with Gasteiger partial charge in [-0.3, -0.25) is 13.9 Å². The summed E-state index contributed by atoms with van der Waals surface area (Å²) in [4.78, 5) is 28.5. The fourth-order valence-electron chi connectivity index (χ4n) is 3.85. The molecule has 2 amide bonds. The summed E-state index contributed by atoms with van der Waals surface area (Å²) in [6.07, 6.45) is 1.36. The van der Waals surface area contributed by atoms with Gasteiger partial charge in [0.1, 0.15) is 12.6 Å². The molecule has 0 bridgehead atoms. The molecular formula is C27H30BrN3O4S. The minimum Gasteiger partial charge on any atom is -0.355 e. The second-order valence-electron chi connectivity index (χ2n) is 8.35. The Kier molecular flexibility index (Phi) is 9.66. The minimum atomic E-state index is -3.78. The van der Waals surface area contributed by atoms with Crippen molar-refractivity contribution in [3.63, 3.8) is 0 Å². The van der Waals surface area contributed by atoms with Gasteiger partial charge >= 0.3 is 0 Å². The van der Waals surface area contributed by atoms with Crippen molar-refractivity contribution in [3.05, 3.63) is 101 Å². The van der Waals surface area contributed by atoms with Crippen LogP contribution in [0.4, 0.5) is 5.69 Å². The number of hydrogen-bond acceptors (Lipinski definition) is 4. The molecule has 0 saturated carbocycles. The van der Waals surface area contributed by atoms with Gasteiger partial charge in [0.15, 0.2) is 0 Å². The van der Waals surface area contributed by atoms with Crippen LogP contribution in [0.2, 0.25) is 0 Å². The Bertz CT molecular complexity index is 1250. The molecule has 0 heterocycles. The van der Waals surface area contributed by atoms with E-state index in [4.69, 9.17) is 0 Å². The van der Waals surface area contributed by atoms with Crippen LogP contribution in [0.3, 0.4) is 0 Å². The predicted molar refractivity (Wildman–Crippen MR) is 146 cm³/mol. The molecule has 7 nitrogen and oxygen atoms in total. The summed E-state index contributed by atoms with van der Waals surface area (Å²) in [6, 6.07) is 24.7. The smallest absolute Gasteiger partial charge is 0.244 e. The van der Waals surface area contributed by atoms with E-state index in [0.29, 0.717) is 18.7 Å². The first kappa shape index (κ1) is 27.4.